The summed E-state index contributed by atoms with van der Waals surface area (Å²) < 4.78 is 39.8. The molecular weight excluding hydrogens is 448 g/mol. The van der Waals surface area contributed by atoms with Crippen LogP contribution in [0.1, 0.15) is 38.1 Å². The van der Waals surface area contributed by atoms with Crippen molar-refractivity contribution in [1.82, 2.24) is 5.32 Å². The average Bonchev–Trinajstić information content (AvgIpc) is 2.56. The smallest absolute Gasteiger partial charge is 0.261 e. The summed E-state index contributed by atoms with van der Waals surface area (Å²) in [7, 11) is -3.91. The summed E-state index contributed by atoms with van der Waals surface area (Å²) in [5, 5.41) is 2.68. The van der Waals surface area contributed by atoms with Crippen molar-refractivity contribution in [3.8, 4) is 11.5 Å². The van der Waals surface area contributed by atoms with Gasteiger partial charge < -0.3 is 14.8 Å². The molecule has 3 rings (SSSR count). The minimum Gasteiger partial charge on any atom is -0.491 e. The van der Waals surface area contributed by atoms with Crippen LogP contribution in [-0.2, 0) is 10.0 Å². The number of hydrogen-bond donors (Lipinski definition) is 2. The molecule has 0 bridgehead atoms. The summed E-state index contributed by atoms with van der Waals surface area (Å²) in [4.78, 5) is 12.3. The van der Waals surface area contributed by atoms with E-state index in [9.17, 15) is 13.2 Å². The standard InChI is InChI=1S/C19H21BrN2O5S/c1-11(2)26-13-7-5-12(6-8-13)22-28(24,25)14-9-15-17(16(20)10-14)27-19(3,4)21-18(15)23/h5-11,22H,1-4H3,(H,21,23). The van der Waals surface area contributed by atoms with Gasteiger partial charge in [0, 0.05) is 5.69 Å². The fourth-order valence-corrected chi connectivity index (χ4v) is 4.51. The Balaban J connectivity index is 1.89. The van der Waals surface area contributed by atoms with Gasteiger partial charge in [0.25, 0.3) is 15.9 Å². The van der Waals surface area contributed by atoms with Crippen molar-refractivity contribution < 1.29 is 22.7 Å². The third kappa shape index (κ3) is 4.41. The van der Waals surface area contributed by atoms with Gasteiger partial charge in [-0.1, -0.05) is 0 Å². The maximum atomic E-state index is 12.8. The Morgan fingerprint density at radius 2 is 1.82 bits per heavy atom. The third-order valence-electron chi connectivity index (χ3n) is 3.82. The molecular formula is C19H21BrN2O5S. The Morgan fingerprint density at radius 1 is 1.18 bits per heavy atom. The molecule has 1 aliphatic rings. The molecule has 2 N–H and O–H groups in total. The van der Waals surface area contributed by atoms with Gasteiger partial charge in [0.15, 0.2) is 5.72 Å². The highest BCUT2D eigenvalue weighted by Crippen LogP contribution is 2.37. The van der Waals surface area contributed by atoms with Crippen LogP contribution in [0, 0.1) is 0 Å². The SMILES string of the molecule is CC(C)Oc1ccc(NS(=O)(=O)c2cc(Br)c3c(c2)C(=O)NC(C)(C)O3)cc1. The molecule has 9 heteroatoms. The van der Waals surface area contributed by atoms with Gasteiger partial charge >= 0.3 is 0 Å². The summed E-state index contributed by atoms with van der Waals surface area (Å²) in [6.07, 6.45) is 0.0220. The monoisotopic (exact) mass is 468 g/mol. The molecule has 0 saturated carbocycles. The van der Waals surface area contributed by atoms with Crippen LogP contribution in [0.25, 0.3) is 0 Å². The van der Waals surface area contributed by atoms with Gasteiger partial charge in [0.2, 0.25) is 0 Å². The predicted molar refractivity (Wildman–Crippen MR) is 109 cm³/mol. The zero-order valence-corrected chi connectivity index (χ0v) is 18.3. The second kappa shape index (κ2) is 7.29. The van der Waals surface area contributed by atoms with Crippen molar-refractivity contribution in [2.24, 2.45) is 0 Å². The van der Waals surface area contributed by atoms with Crippen LogP contribution in [0.2, 0.25) is 0 Å². The Labute approximate surface area is 172 Å². The highest BCUT2D eigenvalue weighted by molar-refractivity contribution is 9.10. The number of hydrogen-bond acceptors (Lipinski definition) is 5. The van der Waals surface area contributed by atoms with Crippen LogP contribution in [-0.4, -0.2) is 26.2 Å². The largest absolute Gasteiger partial charge is 0.491 e. The Hall–Kier alpha value is -2.26. The number of anilines is 1. The minimum atomic E-state index is -3.91. The number of benzene rings is 2. The summed E-state index contributed by atoms with van der Waals surface area (Å²) in [6.45, 7) is 7.23. The number of sulfonamides is 1. The molecule has 0 unspecified atom stereocenters. The van der Waals surface area contributed by atoms with Gasteiger partial charge in [0.05, 0.1) is 21.0 Å². The van der Waals surface area contributed by atoms with Crippen molar-refractivity contribution in [2.75, 3.05) is 4.72 Å². The van der Waals surface area contributed by atoms with Crippen LogP contribution >= 0.6 is 15.9 Å². The number of halogens is 1. The Bertz CT molecular complexity index is 1020. The third-order valence-corrected chi connectivity index (χ3v) is 5.77. The molecule has 0 aromatic heterocycles. The lowest BCUT2D eigenvalue weighted by Crippen LogP contribution is -2.51. The van der Waals surface area contributed by atoms with Crippen LogP contribution in [0.15, 0.2) is 45.8 Å². The van der Waals surface area contributed by atoms with Crippen LogP contribution < -0.4 is 19.5 Å². The van der Waals surface area contributed by atoms with Crippen molar-refractivity contribution >= 4 is 37.5 Å². The zero-order chi connectivity index (χ0) is 20.7. The van der Waals surface area contributed by atoms with Crippen LogP contribution in [0.5, 0.6) is 11.5 Å². The molecule has 0 fully saturated rings. The van der Waals surface area contributed by atoms with E-state index in [2.05, 4.69) is 26.0 Å². The van der Waals surface area contributed by atoms with Gasteiger partial charge in [-0.25, -0.2) is 8.42 Å². The molecule has 1 amide bonds. The van der Waals surface area contributed by atoms with Gasteiger partial charge in [-0.2, -0.15) is 0 Å². The van der Waals surface area contributed by atoms with E-state index in [1.165, 1.54) is 12.1 Å². The lowest BCUT2D eigenvalue weighted by atomic mass is 10.1. The van der Waals surface area contributed by atoms with E-state index < -0.39 is 21.7 Å². The van der Waals surface area contributed by atoms with E-state index >= 15 is 0 Å². The molecule has 2 aromatic carbocycles. The molecule has 0 radical (unpaired) electrons. The van der Waals surface area contributed by atoms with Crippen LogP contribution in [0.3, 0.4) is 0 Å². The summed E-state index contributed by atoms with van der Waals surface area (Å²) >= 11 is 3.31. The van der Waals surface area contributed by atoms with E-state index in [0.717, 1.165) is 0 Å². The Kier molecular flexibility index (Phi) is 5.33. The lowest BCUT2D eigenvalue weighted by molar-refractivity contribution is 0.0426. The van der Waals surface area contributed by atoms with E-state index in [1.807, 2.05) is 13.8 Å². The molecule has 150 valence electrons. The van der Waals surface area contributed by atoms with Crippen molar-refractivity contribution in [2.45, 2.75) is 44.4 Å². The van der Waals surface area contributed by atoms with Crippen LogP contribution in [0.4, 0.5) is 5.69 Å². The fourth-order valence-electron chi connectivity index (χ4n) is 2.71. The second-order valence-electron chi connectivity index (χ2n) is 7.14. The van der Waals surface area contributed by atoms with Gasteiger partial charge in [-0.3, -0.25) is 9.52 Å². The Morgan fingerprint density at radius 3 is 2.43 bits per heavy atom. The molecule has 7 nitrogen and oxygen atoms in total. The zero-order valence-electron chi connectivity index (χ0n) is 15.9. The summed E-state index contributed by atoms with van der Waals surface area (Å²) in [6, 6.07) is 9.30. The normalized spacial score (nSPS) is 15.4. The number of rotatable bonds is 5. The number of amides is 1. The fraction of sp³-hybridized carbons (Fsp3) is 0.316. The predicted octanol–water partition coefficient (Wildman–Crippen LogP) is 3.90. The molecule has 0 spiro atoms. The van der Waals surface area contributed by atoms with Gasteiger partial charge in [0.1, 0.15) is 11.5 Å². The first-order valence-corrected chi connectivity index (χ1v) is 10.9. The van der Waals surface area contributed by atoms with Crippen molar-refractivity contribution in [3.63, 3.8) is 0 Å². The van der Waals surface area contributed by atoms with Crippen molar-refractivity contribution in [1.29, 1.82) is 0 Å². The first-order chi connectivity index (χ1) is 13.0. The number of nitrogens with one attached hydrogen (secondary N) is 2. The topological polar surface area (TPSA) is 93.7 Å². The van der Waals surface area contributed by atoms with E-state index in [0.29, 0.717) is 21.7 Å². The number of carbonyl (C=O) groups is 1. The quantitative estimate of drug-likeness (QED) is 0.693. The number of ether oxygens (including phenoxy) is 2. The molecule has 0 atom stereocenters. The first-order valence-electron chi connectivity index (χ1n) is 8.61. The molecule has 0 saturated heterocycles. The van der Waals surface area contributed by atoms with Gasteiger partial charge in [-0.05, 0) is 80.0 Å². The lowest BCUT2D eigenvalue weighted by Gasteiger charge is -2.33. The molecule has 0 aliphatic carbocycles. The maximum absolute atomic E-state index is 12.8. The number of carbonyl (C=O) groups excluding carboxylic acids is 1. The van der Waals surface area contributed by atoms with E-state index in [4.69, 9.17) is 9.47 Å². The molecule has 2 aromatic rings. The maximum Gasteiger partial charge on any atom is 0.261 e. The first kappa shape index (κ1) is 20.5. The summed E-state index contributed by atoms with van der Waals surface area (Å²) in [5.74, 6) is 0.549. The van der Waals surface area contributed by atoms with E-state index in [-0.39, 0.29) is 16.6 Å². The second-order valence-corrected chi connectivity index (χ2v) is 9.68. The summed E-state index contributed by atoms with van der Waals surface area (Å²) in [5.41, 5.74) is -0.355. The van der Waals surface area contributed by atoms with E-state index in [1.54, 1.807) is 38.1 Å². The van der Waals surface area contributed by atoms with Crippen molar-refractivity contribution in [3.05, 3.63) is 46.4 Å². The molecule has 1 heterocycles. The molecule has 1 aliphatic heterocycles. The van der Waals surface area contributed by atoms with Gasteiger partial charge in [-0.15, -0.1) is 0 Å². The number of fused-ring (bicyclic) bond motifs is 1. The highest BCUT2D eigenvalue weighted by atomic mass is 79.9. The average molecular weight is 469 g/mol. The minimum absolute atomic E-state index is 0.0220. The highest BCUT2D eigenvalue weighted by Gasteiger charge is 2.34. The molecule has 28 heavy (non-hydrogen) atoms.